The van der Waals surface area contributed by atoms with Crippen LogP contribution in [0.2, 0.25) is 0 Å². The summed E-state index contributed by atoms with van der Waals surface area (Å²) in [5.41, 5.74) is 0. The van der Waals surface area contributed by atoms with Crippen molar-refractivity contribution in [1.29, 1.82) is 0 Å². The summed E-state index contributed by atoms with van der Waals surface area (Å²) in [5.74, 6) is 0. The first-order valence-electron chi connectivity index (χ1n) is 1.73. The Labute approximate surface area is 56.6 Å². The molecule has 43 valence electrons. The molecule has 0 N–H and O–H groups in total. The summed E-state index contributed by atoms with van der Waals surface area (Å²) in [4.78, 5) is 0. The van der Waals surface area contributed by atoms with E-state index in [1.54, 1.807) is 0 Å². The predicted octanol–water partition coefficient (Wildman–Crippen LogP) is 1.96. The van der Waals surface area contributed by atoms with Gasteiger partial charge < -0.3 is 0 Å². The maximum absolute atomic E-state index is 4.49. The van der Waals surface area contributed by atoms with Crippen LogP contribution in [0.15, 0.2) is 0 Å². The third-order valence-corrected chi connectivity index (χ3v) is 0.866. The zero-order valence-corrected chi connectivity index (χ0v) is 7.15. The summed E-state index contributed by atoms with van der Waals surface area (Å²) in [6, 6.07) is 0. The molecule has 0 bridgehead atoms. The van der Waals surface area contributed by atoms with Crippen molar-refractivity contribution in [1.82, 2.24) is 0 Å². The zero-order chi connectivity index (χ0) is 5.41. The Bertz CT molecular complexity index is 12.8. The number of hydrogen-bond acceptors (Lipinski definition) is 0. The first kappa shape index (κ1) is 10.4. The summed E-state index contributed by atoms with van der Waals surface area (Å²) in [7, 11) is 7.14. The Morgan fingerprint density at radius 1 is 1.67 bits per heavy atom. The average Bonchev–Trinajstić information content (AvgIpc) is 1.72. The van der Waals surface area contributed by atoms with Gasteiger partial charge in [0.25, 0.3) is 0 Å². The van der Waals surface area contributed by atoms with Crippen LogP contribution >= 0.6 is 18.8 Å². The Kier molecular flexibility index (Phi) is 28.0. The van der Waals surface area contributed by atoms with Gasteiger partial charge in [0, 0.05) is 0 Å². The number of halogens is 1. The Balaban J connectivity index is 0. The Morgan fingerprint density at radius 3 is 1.83 bits per heavy atom. The molecule has 0 saturated heterocycles. The van der Waals surface area contributed by atoms with E-state index in [1.807, 2.05) is 0 Å². The van der Waals surface area contributed by atoms with Gasteiger partial charge in [0.1, 0.15) is 0 Å². The van der Waals surface area contributed by atoms with E-state index in [2.05, 4.69) is 43.9 Å². The van der Waals surface area contributed by atoms with Gasteiger partial charge in [0.05, 0.1) is 0 Å². The van der Waals surface area contributed by atoms with E-state index in [1.165, 1.54) is 12.6 Å². The van der Waals surface area contributed by atoms with Crippen molar-refractivity contribution in [2.75, 3.05) is 6.16 Å². The van der Waals surface area contributed by atoms with Gasteiger partial charge in [-0.15, -0.1) is 9.24 Å². The fourth-order valence-electron chi connectivity index (χ4n) is 0. The standard InChI is InChI=1S/C3H9P.ClH.Pd/c1-2-3-4;;/h2-4H2,1H3;1H;/q;;+1/p-1. The summed E-state index contributed by atoms with van der Waals surface area (Å²) >= 11 is 2.22. The van der Waals surface area contributed by atoms with E-state index in [-0.39, 0.29) is 0 Å². The van der Waals surface area contributed by atoms with Crippen LogP contribution in [0.1, 0.15) is 13.3 Å². The summed E-state index contributed by atoms with van der Waals surface area (Å²) in [6.45, 7) is 2.16. The molecule has 0 spiro atoms. The monoisotopic (exact) mass is 217 g/mol. The molecule has 0 fully saturated rings. The van der Waals surface area contributed by atoms with E-state index in [0.29, 0.717) is 0 Å². The van der Waals surface area contributed by atoms with Crippen molar-refractivity contribution < 1.29 is 18.2 Å². The van der Waals surface area contributed by atoms with E-state index < -0.39 is 0 Å². The van der Waals surface area contributed by atoms with Gasteiger partial charge in [-0.2, -0.15) is 0 Å². The second-order valence-electron chi connectivity index (χ2n) is 0.789. The molecular formula is C3H9ClPPd. The van der Waals surface area contributed by atoms with E-state index in [9.17, 15) is 0 Å². The number of hydrogen-bond donors (Lipinski definition) is 0. The molecule has 0 saturated carbocycles. The maximum atomic E-state index is 4.49. The van der Waals surface area contributed by atoms with Crippen LogP contribution in [-0.4, -0.2) is 6.16 Å². The van der Waals surface area contributed by atoms with Crippen LogP contribution in [0.3, 0.4) is 0 Å². The Hall–Kier alpha value is 1.38. The second-order valence-corrected chi connectivity index (χ2v) is 1.37. The molecule has 0 aliphatic carbocycles. The van der Waals surface area contributed by atoms with Gasteiger partial charge >= 0.3 is 27.7 Å². The van der Waals surface area contributed by atoms with Crippen LogP contribution in [0.4, 0.5) is 0 Å². The SMILES string of the molecule is CCCP.[Cl][Pd]. The molecule has 0 nitrogen and oxygen atoms in total. The molecule has 0 aliphatic heterocycles. The van der Waals surface area contributed by atoms with Crippen molar-refractivity contribution in [3.63, 3.8) is 0 Å². The molecule has 0 aliphatic rings. The third-order valence-electron chi connectivity index (χ3n) is 0.289. The van der Waals surface area contributed by atoms with Gasteiger partial charge in [-0.05, 0) is 6.16 Å². The van der Waals surface area contributed by atoms with Crippen molar-refractivity contribution in [3.05, 3.63) is 0 Å². The second kappa shape index (κ2) is 16.2. The molecule has 0 amide bonds. The average molecular weight is 218 g/mol. The molecule has 1 unspecified atom stereocenters. The minimum absolute atomic E-state index is 1.24. The third kappa shape index (κ3) is 18.2. The van der Waals surface area contributed by atoms with Gasteiger partial charge in [-0.1, -0.05) is 13.3 Å². The first-order valence-corrected chi connectivity index (χ1v) is 4.55. The summed E-state index contributed by atoms with van der Waals surface area (Å²) < 4.78 is 0. The number of rotatable bonds is 1. The molecular weight excluding hydrogens is 209 g/mol. The molecule has 1 atom stereocenters. The Morgan fingerprint density at radius 2 is 1.83 bits per heavy atom. The van der Waals surface area contributed by atoms with Crippen molar-refractivity contribution >= 4 is 18.8 Å². The predicted molar refractivity (Wildman–Crippen MR) is 30.7 cm³/mol. The normalized spacial score (nSPS) is 6.17. The van der Waals surface area contributed by atoms with Crippen LogP contribution < -0.4 is 0 Å². The minimum atomic E-state index is 1.24. The summed E-state index contributed by atoms with van der Waals surface area (Å²) in [5, 5.41) is 0. The molecule has 0 aromatic heterocycles. The molecule has 0 heterocycles. The topological polar surface area (TPSA) is 0 Å². The molecule has 3 heteroatoms. The van der Waals surface area contributed by atoms with E-state index in [0.717, 1.165) is 0 Å². The fraction of sp³-hybridized carbons (Fsp3) is 1.00. The first-order chi connectivity index (χ1) is 2.91. The van der Waals surface area contributed by atoms with Gasteiger partial charge in [-0.3, -0.25) is 0 Å². The van der Waals surface area contributed by atoms with Crippen LogP contribution in [0.5, 0.6) is 0 Å². The molecule has 0 rings (SSSR count). The van der Waals surface area contributed by atoms with Gasteiger partial charge in [0.15, 0.2) is 0 Å². The zero-order valence-electron chi connectivity index (χ0n) is 3.69. The van der Waals surface area contributed by atoms with Crippen LogP contribution in [0, 0.1) is 0 Å². The van der Waals surface area contributed by atoms with Crippen LogP contribution in [0.25, 0.3) is 0 Å². The van der Waals surface area contributed by atoms with Gasteiger partial charge in [-0.25, -0.2) is 0 Å². The van der Waals surface area contributed by atoms with E-state index >= 15 is 0 Å². The van der Waals surface area contributed by atoms with Crippen molar-refractivity contribution in [3.8, 4) is 0 Å². The fourth-order valence-corrected chi connectivity index (χ4v) is 0. The van der Waals surface area contributed by atoms with Gasteiger partial charge in [0.2, 0.25) is 0 Å². The van der Waals surface area contributed by atoms with E-state index in [4.69, 9.17) is 0 Å². The van der Waals surface area contributed by atoms with Crippen molar-refractivity contribution in [2.45, 2.75) is 13.3 Å². The molecule has 0 radical (unpaired) electrons. The quantitative estimate of drug-likeness (QED) is 0.466. The molecule has 0 aromatic carbocycles. The molecule has 6 heavy (non-hydrogen) atoms. The van der Waals surface area contributed by atoms with Crippen LogP contribution in [-0.2, 0) is 18.2 Å². The van der Waals surface area contributed by atoms with Crippen molar-refractivity contribution in [2.24, 2.45) is 0 Å². The molecule has 0 aromatic rings. The summed E-state index contributed by atoms with van der Waals surface area (Å²) in [6.07, 6.45) is 2.52.